The molecule has 1 rings (SSSR count). The number of hydrogen-bond acceptors (Lipinski definition) is 1. The Kier molecular flexibility index (Phi) is 1.29. The first kappa shape index (κ1) is 3.90. The van der Waals surface area contributed by atoms with Gasteiger partial charge in [0.1, 0.15) is 0 Å². The van der Waals surface area contributed by atoms with Crippen LogP contribution in [-0.4, -0.2) is 11.2 Å². The molecule has 1 fully saturated rings. The second kappa shape index (κ2) is 2.31. The van der Waals surface area contributed by atoms with E-state index in [4.69, 9.17) is 6.48 Å². The fourth-order valence-electron chi connectivity index (χ4n) is 0.960. The first-order valence-electron chi connectivity index (χ1n) is 3.43. The van der Waals surface area contributed by atoms with Crippen LogP contribution in [0.3, 0.4) is 0 Å². The smallest absolute Gasteiger partial charge is 0.0600 e. The summed E-state index contributed by atoms with van der Waals surface area (Å²) in [7, 11) is 0. The summed E-state index contributed by atoms with van der Waals surface area (Å²) >= 11 is 0. The van der Waals surface area contributed by atoms with Crippen molar-refractivity contribution in [1.29, 1.82) is 0 Å². The van der Waals surface area contributed by atoms with E-state index in [-0.39, 0.29) is 0 Å². The van der Waals surface area contributed by atoms with Crippen LogP contribution >= 0.6 is 0 Å². The molecule has 1 aliphatic rings. The molecule has 0 bridgehead atoms. The first-order chi connectivity index (χ1) is 3.71. The zero-order valence-electron chi connectivity index (χ0n) is 5.48. The van der Waals surface area contributed by atoms with Gasteiger partial charge in [0.2, 0.25) is 0 Å². The van der Waals surface area contributed by atoms with Crippen molar-refractivity contribution < 1.29 is 6.48 Å². The minimum absolute atomic E-state index is 0.674. The number of aliphatic hydroxyl groups is 1. The summed E-state index contributed by atoms with van der Waals surface area (Å²) in [5.41, 5.74) is 0. The molecule has 0 radical (unpaired) electrons. The molecule has 1 saturated carbocycles. The highest BCUT2D eigenvalue weighted by atomic mass is 16.3. The lowest BCUT2D eigenvalue weighted by molar-refractivity contribution is 0.130. The average Bonchev–Trinajstić information content (AvgIpc) is 1.65. The summed E-state index contributed by atoms with van der Waals surface area (Å²) in [6.07, 6.45) is 3.53. The predicted molar refractivity (Wildman–Crippen MR) is 29.1 cm³/mol. The van der Waals surface area contributed by atoms with E-state index in [1.807, 2.05) is 0 Å². The van der Waals surface area contributed by atoms with Gasteiger partial charge >= 0.3 is 0 Å². The van der Waals surface area contributed by atoms with Crippen LogP contribution < -0.4 is 0 Å². The van der Waals surface area contributed by atoms with E-state index in [1.165, 1.54) is 6.42 Å². The molecule has 0 heterocycles. The van der Waals surface area contributed by atoms with Crippen LogP contribution in [0.4, 0.5) is 0 Å². The van der Waals surface area contributed by atoms with Gasteiger partial charge in [0.15, 0.2) is 0 Å². The van der Waals surface area contributed by atoms with Crippen molar-refractivity contribution in [2.45, 2.75) is 38.2 Å². The fraction of sp³-hybridized carbons (Fsp3) is 1.00. The van der Waals surface area contributed by atoms with Gasteiger partial charge in [0.25, 0.3) is 0 Å². The van der Waals surface area contributed by atoms with Gasteiger partial charge in [-0.05, 0) is 12.8 Å². The Morgan fingerprint density at radius 1 is 1.29 bits per heavy atom. The molecule has 1 nitrogen and oxygen atoms in total. The summed E-state index contributed by atoms with van der Waals surface area (Å²) in [4.78, 5) is 0. The van der Waals surface area contributed by atoms with Gasteiger partial charge in [0, 0.05) is 0 Å². The third-order valence-corrected chi connectivity index (χ3v) is 1.43. The van der Waals surface area contributed by atoms with Gasteiger partial charge in [-0.3, -0.25) is 0 Å². The third kappa shape index (κ3) is 1.48. The molecule has 42 valence electrons. The van der Waals surface area contributed by atoms with Gasteiger partial charge in [-0.2, -0.15) is 0 Å². The standard InChI is InChI=1S/C6H12O/c7-6-4-2-1-3-5-6/h6-7H,1-5H2/i6D. The van der Waals surface area contributed by atoms with E-state index in [9.17, 15) is 0 Å². The van der Waals surface area contributed by atoms with Crippen molar-refractivity contribution >= 4 is 0 Å². The molecule has 1 aliphatic carbocycles. The highest BCUT2D eigenvalue weighted by Gasteiger charge is 2.07. The lowest BCUT2D eigenvalue weighted by atomic mass is 9.98. The maximum atomic E-state index is 9.04. The van der Waals surface area contributed by atoms with Crippen LogP contribution in [0.1, 0.15) is 33.5 Å². The Morgan fingerprint density at radius 3 is 2.14 bits per heavy atom. The Bertz CT molecular complexity index is 72.6. The first-order valence-corrected chi connectivity index (χ1v) is 2.93. The van der Waals surface area contributed by atoms with Crippen LogP contribution in [0.25, 0.3) is 0 Å². The molecule has 0 aliphatic heterocycles. The summed E-state index contributed by atoms with van der Waals surface area (Å²) in [6, 6.07) is 0. The Hall–Kier alpha value is -0.0400. The van der Waals surface area contributed by atoms with Crippen molar-refractivity contribution in [3.63, 3.8) is 0 Å². The lowest BCUT2D eigenvalue weighted by Crippen LogP contribution is -2.09. The number of hydrogen-bond donors (Lipinski definition) is 1. The van der Waals surface area contributed by atoms with E-state index in [2.05, 4.69) is 0 Å². The quantitative estimate of drug-likeness (QED) is 0.487. The van der Waals surface area contributed by atoms with Crippen LogP contribution in [0, 0.1) is 0 Å². The van der Waals surface area contributed by atoms with Gasteiger partial charge in [-0.15, -0.1) is 0 Å². The molecule has 1 N–H and O–H groups in total. The SMILES string of the molecule is [2H]C1(O)CCCCC1. The molecule has 0 aromatic carbocycles. The van der Waals surface area contributed by atoms with E-state index in [0.717, 1.165) is 12.8 Å². The fourth-order valence-corrected chi connectivity index (χ4v) is 0.960. The summed E-state index contributed by atoms with van der Waals surface area (Å²) in [6.45, 7) is 0. The summed E-state index contributed by atoms with van der Waals surface area (Å²) in [5.74, 6) is 0. The molecule has 0 saturated heterocycles. The van der Waals surface area contributed by atoms with Crippen LogP contribution in [-0.2, 0) is 0 Å². The topological polar surface area (TPSA) is 20.2 Å². The molecular formula is C6H12O. The van der Waals surface area contributed by atoms with Gasteiger partial charge in [-0.1, -0.05) is 19.3 Å². The monoisotopic (exact) mass is 101 g/mol. The van der Waals surface area contributed by atoms with Crippen molar-refractivity contribution in [2.75, 3.05) is 0 Å². The maximum absolute atomic E-state index is 9.04. The maximum Gasteiger partial charge on any atom is 0.0600 e. The molecule has 7 heavy (non-hydrogen) atoms. The highest BCUT2D eigenvalue weighted by molar-refractivity contribution is 4.61. The molecule has 0 atom stereocenters. The van der Waals surface area contributed by atoms with E-state index < -0.39 is 6.08 Å². The summed E-state index contributed by atoms with van der Waals surface area (Å²) in [5, 5.41) is 9.04. The zero-order chi connectivity index (χ0) is 6.04. The normalized spacial score (nSPS) is 31.9. The van der Waals surface area contributed by atoms with E-state index >= 15 is 0 Å². The minimum Gasteiger partial charge on any atom is -0.393 e. The molecule has 0 spiro atoms. The van der Waals surface area contributed by atoms with Gasteiger partial charge in [-0.25, -0.2) is 0 Å². The molecule has 1 heteroatoms. The second-order valence-corrected chi connectivity index (χ2v) is 2.13. The second-order valence-electron chi connectivity index (χ2n) is 2.13. The van der Waals surface area contributed by atoms with E-state index in [0.29, 0.717) is 12.8 Å². The largest absolute Gasteiger partial charge is 0.393 e. The zero-order valence-corrected chi connectivity index (χ0v) is 4.48. The van der Waals surface area contributed by atoms with Crippen molar-refractivity contribution in [3.8, 4) is 0 Å². The van der Waals surface area contributed by atoms with E-state index in [1.54, 1.807) is 0 Å². The molecule has 0 aromatic heterocycles. The highest BCUT2D eigenvalue weighted by Crippen LogP contribution is 2.16. The van der Waals surface area contributed by atoms with Crippen molar-refractivity contribution in [1.82, 2.24) is 0 Å². The van der Waals surface area contributed by atoms with Gasteiger partial charge < -0.3 is 5.11 Å². The predicted octanol–water partition coefficient (Wildman–Crippen LogP) is 1.31. The molecule has 0 aromatic rings. The average molecular weight is 101 g/mol. The van der Waals surface area contributed by atoms with Crippen LogP contribution in [0.2, 0.25) is 0 Å². The molecular weight excluding hydrogens is 88.1 g/mol. The summed E-state index contributed by atoms with van der Waals surface area (Å²) < 4.78 is 7.18. The van der Waals surface area contributed by atoms with Crippen molar-refractivity contribution in [3.05, 3.63) is 0 Å². The van der Waals surface area contributed by atoms with Crippen molar-refractivity contribution in [2.24, 2.45) is 0 Å². The van der Waals surface area contributed by atoms with Crippen LogP contribution in [0.15, 0.2) is 0 Å². The Morgan fingerprint density at radius 2 is 1.86 bits per heavy atom. The molecule has 0 amide bonds. The lowest BCUT2D eigenvalue weighted by Gasteiger charge is -2.14. The number of rotatable bonds is 0. The molecule has 0 unspecified atom stereocenters. The third-order valence-electron chi connectivity index (χ3n) is 1.43. The minimum atomic E-state index is -1.07. The van der Waals surface area contributed by atoms with Gasteiger partial charge in [0.05, 0.1) is 7.45 Å². The Labute approximate surface area is 45.8 Å². The Balaban J connectivity index is 2.33. The van der Waals surface area contributed by atoms with Crippen LogP contribution in [0.5, 0.6) is 0 Å².